The second kappa shape index (κ2) is 6.55. The van der Waals surface area contributed by atoms with Gasteiger partial charge in [0, 0.05) is 12.7 Å². The first-order chi connectivity index (χ1) is 8.22. The van der Waals surface area contributed by atoms with E-state index in [1.54, 1.807) is 37.6 Å². The highest BCUT2D eigenvalue weighted by atomic mass is 16.7. The topological polar surface area (TPSA) is 59.5 Å². The molecule has 0 fully saturated rings. The van der Waals surface area contributed by atoms with E-state index in [2.05, 4.69) is 4.98 Å². The number of likely N-dealkylation sites (N-methyl/N-ethyl adjacent to an activating group) is 1. The number of amides is 1. The van der Waals surface area contributed by atoms with Crippen LogP contribution in [0.15, 0.2) is 30.0 Å². The Labute approximate surface area is 99.7 Å². The lowest BCUT2D eigenvalue weighted by Gasteiger charge is -2.16. The number of hydrogen-bond donors (Lipinski definition) is 0. The summed E-state index contributed by atoms with van der Waals surface area (Å²) in [4.78, 5) is 31.4. The molecule has 0 saturated heterocycles. The zero-order chi connectivity index (χ0) is 12.7. The van der Waals surface area contributed by atoms with Crippen molar-refractivity contribution in [2.45, 2.75) is 6.92 Å². The highest BCUT2D eigenvalue weighted by molar-refractivity contribution is 6.14. The monoisotopic (exact) mass is 233 g/mol. The van der Waals surface area contributed by atoms with Crippen molar-refractivity contribution in [2.24, 2.45) is 0 Å². The van der Waals surface area contributed by atoms with E-state index in [-0.39, 0.29) is 5.57 Å². The lowest BCUT2D eigenvalue weighted by atomic mass is 10.2. The number of pyridine rings is 1. The largest absolute Gasteiger partial charge is 0.285 e. The quantitative estimate of drug-likeness (QED) is 0.329. The summed E-state index contributed by atoms with van der Waals surface area (Å²) in [5.74, 6) is -0.532. The van der Waals surface area contributed by atoms with Crippen LogP contribution in [0.1, 0.15) is 12.6 Å². The lowest BCUT2D eigenvalue weighted by molar-refractivity contribution is -0.169. The number of nitrogens with zero attached hydrogens (tertiary/aromatic N) is 2. The number of hydroxylamine groups is 2. The molecule has 1 radical (unpaired) electrons. The van der Waals surface area contributed by atoms with Crippen LogP contribution < -0.4 is 0 Å². The molecule has 0 atom stereocenters. The molecule has 0 aromatic carbocycles. The van der Waals surface area contributed by atoms with Gasteiger partial charge in [0.05, 0.1) is 18.4 Å². The van der Waals surface area contributed by atoms with Crippen LogP contribution >= 0.6 is 0 Å². The van der Waals surface area contributed by atoms with Gasteiger partial charge < -0.3 is 0 Å². The summed E-state index contributed by atoms with van der Waals surface area (Å²) in [5.41, 5.74) is 0.402. The van der Waals surface area contributed by atoms with Gasteiger partial charge in [0.1, 0.15) is 0 Å². The molecular weight excluding hydrogens is 220 g/mol. The third-order valence-corrected chi connectivity index (χ3v) is 2.05. The summed E-state index contributed by atoms with van der Waals surface area (Å²) in [7, 11) is 1.37. The number of aromatic nitrogens is 1. The molecule has 5 heteroatoms. The van der Waals surface area contributed by atoms with Crippen LogP contribution in [0.2, 0.25) is 0 Å². The Kier molecular flexibility index (Phi) is 5.03. The van der Waals surface area contributed by atoms with Gasteiger partial charge in [-0.1, -0.05) is 6.07 Å². The van der Waals surface area contributed by atoms with Gasteiger partial charge in [-0.15, -0.1) is 0 Å². The second-order valence-corrected chi connectivity index (χ2v) is 3.10. The standard InChI is InChI=1S/C12H13N2O3/c1-3-14(17-2)12(16)10(9-15)8-11-6-4-5-7-13-11/h4-8H,3H2,1-2H3/b10-8+. The van der Waals surface area contributed by atoms with Crippen molar-refractivity contribution in [1.29, 1.82) is 0 Å². The lowest BCUT2D eigenvalue weighted by Crippen LogP contribution is -2.31. The van der Waals surface area contributed by atoms with E-state index in [1.807, 2.05) is 0 Å². The van der Waals surface area contributed by atoms with Crippen molar-refractivity contribution in [3.63, 3.8) is 0 Å². The number of carbonyl (C=O) groups excluding carboxylic acids is 2. The fourth-order valence-electron chi connectivity index (χ4n) is 1.23. The zero-order valence-corrected chi connectivity index (χ0v) is 9.71. The molecule has 0 aliphatic heterocycles. The maximum atomic E-state index is 11.8. The Morgan fingerprint density at radius 3 is 2.82 bits per heavy atom. The fourth-order valence-corrected chi connectivity index (χ4v) is 1.23. The summed E-state index contributed by atoms with van der Waals surface area (Å²) in [5, 5.41) is 1.07. The molecule has 0 spiro atoms. The van der Waals surface area contributed by atoms with Gasteiger partial charge in [-0.3, -0.25) is 19.4 Å². The molecule has 0 N–H and O–H groups in total. The maximum absolute atomic E-state index is 11.8. The predicted molar refractivity (Wildman–Crippen MR) is 62.3 cm³/mol. The molecule has 1 heterocycles. The van der Waals surface area contributed by atoms with E-state index >= 15 is 0 Å². The minimum Gasteiger partial charge on any atom is -0.285 e. The van der Waals surface area contributed by atoms with Crippen LogP contribution in [0, 0.1) is 0 Å². The van der Waals surface area contributed by atoms with Crippen LogP contribution in [-0.2, 0) is 14.4 Å². The highest BCUT2D eigenvalue weighted by Gasteiger charge is 2.17. The van der Waals surface area contributed by atoms with E-state index in [0.29, 0.717) is 12.2 Å². The Morgan fingerprint density at radius 2 is 2.35 bits per heavy atom. The fraction of sp³-hybridized carbons (Fsp3) is 0.250. The van der Waals surface area contributed by atoms with E-state index in [9.17, 15) is 9.59 Å². The SMILES string of the molecule is CCN(OC)C(=O)/C([C]=O)=C/c1ccccn1. The minimum atomic E-state index is -0.532. The second-order valence-electron chi connectivity index (χ2n) is 3.10. The van der Waals surface area contributed by atoms with Crippen molar-refractivity contribution in [3.8, 4) is 0 Å². The number of carbonyl (C=O) groups is 1. The van der Waals surface area contributed by atoms with Gasteiger partial charge >= 0.3 is 0 Å². The molecule has 17 heavy (non-hydrogen) atoms. The van der Waals surface area contributed by atoms with Gasteiger partial charge in [-0.05, 0) is 25.1 Å². The molecule has 0 aliphatic rings. The van der Waals surface area contributed by atoms with Gasteiger partial charge in [-0.2, -0.15) is 0 Å². The molecule has 1 aromatic rings. The van der Waals surface area contributed by atoms with Crippen LogP contribution in [0.4, 0.5) is 0 Å². The first kappa shape index (κ1) is 13.1. The van der Waals surface area contributed by atoms with Crippen molar-refractivity contribution in [1.82, 2.24) is 10.0 Å². The number of rotatable bonds is 5. The van der Waals surface area contributed by atoms with E-state index in [4.69, 9.17) is 4.84 Å². The van der Waals surface area contributed by atoms with Crippen molar-refractivity contribution in [3.05, 3.63) is 35.7 Å². The molecule has 5 nitrogen and oxygen atoms in total. The zero-order valence-electron chi connectivity index (χ0n) is 9.71. The Hall–Kier alpha value is -2.01. The molecule has 0 saturated carbocycles. The summed E-state index contributed by atoms with van der Waals surface area (Å²) < 4.78 is 0. The van der Waals surface area contributed by atoms with Crippen LogP contribution in [0.3, 0.4) is 0 Å². The molecule has 1 aromatic heterocycles. The average Bonchev–Trinajstić information content (AvgIpc) is 2.38. The normalized spacial score (nSPS) is 11.1. The molecule has 0 bridgehead atoms. The summed E-state index contributed by atoms with van der Waals surface area (Å²) in [6.07, 6.45) is 4.55. The molecule has 1 rings (SSSR count). The summed E-state index contributed by atoms with van der Waals surface area (Å²) in [6, 6.07) is 5.20. The van der Waals surface area contributed by atoms with Crippen LogP contribution in [-0.4, -0.2) is 35.9 Å². The third-order valence-electron chi connectivity index (χ3n) is 2.05. The first-order valence-corrected chi connectivity index (χ1v) is 5.09. The van der Waals surface area contributed by atoms with Crippen molar-refractivity contribution >= 4 is 18.3 Å². The maximum Gasteiger partial charge on any atom is 0.281 e. The van der Waals surface area contributed by atoms with Crippen molar-refractivity contribution < 1.29 is 14.4 Å². The smallest absolute Gasteiger partial charge is 0.281 e. The third kappa shape index (κ3) is 3.49. The van der Waals surface area contributed by atoms with Crippen LogP contribution in [0.5, 0.6) is 0 Å². The minimum absolute atomic E-state index is 0.118. The van der Waals surface area contributed by atoms with E-state index in [0.717, 1.165) is 5.06 Å². The summed E-state index contributed by atoms with van der Waals surface area (Å²) in [6.45, 7) is 2.08. The van der Waals surface area contributed by atoms with Crippen molar-refractivity contribution in [2.75, 3.05) is 13.7 Å². The number of hydrogen-bond acceptors (Lipinski definition) is 4. The average molecular weight is 233 g/mol. The van der Waals surface area contributed by atoms with E-state index in [1.165, 1.54) is 13.2 Å². The Balaban J connectivity index is 2.96. The van der Waals surface area contributed by atoms with Gasteiger partial charge in [0.25, 0.3) is 5.91 Å². The predicted octanol–water partition coefficient (Wildman–Crippen LogP) is 0.985. The molecule has 89 valence electrons. The first-order valence-electron chi connectivity index (χ1n) is 5.09. The molecule has 1 amide bonds. The molecule has 0 unspecified atom stereocenters. The highest BCUT2D eigenvalue weighted by Crippen LogP contribution is 2.05. The Morgan fingerprint density at radius 1 is 1.59 bits per heavy atom. The molecule has 0 aliphatic carbocycles. The summed E-state index contributed by atoms with van der Waals surface area (Å²) >= 11 is 0. The van der Waals surface area contributed by atoms with Gasteiger partial charge in [0.2, 0.25) is 6.29 Å². The van der Waals surface area contributed by atoms with Crippen LogP contribution in [0.25, 0.3) is 6.08 Å². The van der Waals surface area contributed by atoms with Gasteiger partial charge in [-0.25, -0.2) is 5.06 Å². The van der Waals surface area contributed by atoms with E-state index < -0.39 is 5.91 Å². The van der Waals surface area contributed by atoms with Gasteiger partial charge in [0.15, 0.2) is 0 Å². The molecular formula is C12H13N2O3. The Bertz CT molecular complexity index is 411.